The maximum atomic E-state index is 13.4. The topological polar surface area (TPSA) is 85.1 Å². The van der Waals surface area contributed by atoms with Gasteiger partial charge in [0, 0.05) is 12.3 Å². The van der Waals surface area contributed by atoms with E-state index in [0.29, 0.717) is 0 Å². The summed E-state index contributed by atoms with van der Waals surface area (Å²) < 4.78 is 52.2. The molecule has 1 heterocycles. The zero-order chi connectivity index (χ0) is 14.0. The van der Waals surface area contributed by atoms with Crippen LogP contribution in [0.3, 0.4) is 0 Å². The zero-order valence-electron chi connectivity index (χ0n) is 9.47. The Morgan fingerprint density at radius 1 is 1.21 bits per heavy atom. The van der Waals surface area contributed by atoms with Gasteiger partial charge in [-0.15, -0.1) is 0 Å². The quantitative estimate of drug-likeness (QED) is 0.899. The number of nitrogens with zero attached hydrogens (tertiary/aromatic N) is 1. The second-order valence-electron chi connectivity index (χ2n) is 3.62. The minimum absolute atomic E-state index is 0.00240. The SMILES string of the molecule is Nc1cc(S(=O)(=O)Nc2cccc(F)c2F)ccn1. The Hall–Kier alpha value is -2.22. The molecule has 100 valence electrons. The summed E-state index contributed by atoms with van der Waals surface area (Å²) in [5.41, 5.74) is 4.89. The molecule has 0 spiro atoms. The number of halogens is 2. The molecular formula is C11H9F2N3O2S. The highest BCUT2D eigenvalue weighted by Gasteiger charge is 2.18. The predicted molar refractivity (Wildman–Crippen MR) is 65.8 cm³/mol. The number of nitrogens with one attached hydrogen (secondary N) is 1. The first-order chi connectivity index (χ1) is 8.90. The van der Waals surface area contributed by atoms with E-state index >= 15 is 0 Å². The van der Waals surface area contributed by atoms with Crippen molar-refractivity contribution >= 4 is 21.5 Å². The molecule has 0 saturated heterocycles. The van der Waals surface area contributed by atoms with Crippen LogP contribution in [0, 0.1) is 11.6 Å². The van der Waals surface area contributed by atoms with Crippen LogP contribution in [0.15, 0.2) is 41.4 Å². The average molecular weight is 285 g/mol. The molecule has 2 aromatic rings. The summed E-state index contributed by atoms with van der Waals surface area (Å²) in [6, 6.07) is 5.49. The number of nitrogen functional groups attached to an aromatic ring is 1. The van der Waals surface area contributed by atoms with Crippen LogP contribution >= 0.6 is 0 Å². The van der Waals surface area contributed by atoms with E-state index in [2.05, 4.69) is 4.98 Å². The first kappa shape index (κ1) is 13.2. The van der Waals surface area contributed by atoms with Crippen LogP contribution in [0.2, 0.25) is 0 Å². The predicted octanol–water partition coefficient (Wildman–Crippen LogP) is 1.74. The molecule has 0 aliphatic heterocycles. The number of anilines is 2. The van der Waals surface area contributed by atoms with Gasteiger partial charge in [-0.3, -0.25) is 4.72 Å². The summed E-state index contributed by atoms with van der Waals surface area (Å²) in [5.74, 6) is -2.41. The van der Waals surface area contributed by atoms with E-state index in [1.165, 1.54) is 18.3 Å². The van der Waals surface area contributed by atoms with Gasteiger partial charge in [0.15, 0.2) is 11.6 Å². The molecule has 8 heteroatoms. The van der Waals surface area contributed by atoms with Crippen molar-refractivity contribution in [1.82, 2.24) is 4.98 Å². The fourth-order valence-corrected chi connectivity index (χ4v) is 2.46. The fourth-order valence-electron chi connectivity index (χ4n) is 1.38. The molecule has 0 saturated carbocycles. The van der Waals surface area contributed by atoms with E-state index in [4.69, 9.17) is 5.73 Å². The number of pyridine rings is 1. The van der Waals surface area contributed by atoms with Gasteiger partial charge in [-0.1, -0.05) is 6.07 Å². The van der Waals surface area contributed by atoms with Crippen molar-refractivity contribution in [2.24, 2.45) is 0 Å². The monoisotopic (exact) mass is 285 g/mol. The molecule has 0 aliphatic carbocycles. The third-order valence-corrected chi connectivity index (χ3v) is 3.62. The number of hydrogen-bond acceptors (Lipinski definition) is 4. The van der Waals surface area contributed by atoms with Crippen LogP contribution in [-0.4, -0.2) is 13.4 Å². The second-order valence-corrected chi connectivity index (χ2v) is 5.31. The lowest BCUT2D eigenvalue weighted by Gasteiger charge is -2.09. The summed E-state index contributed by atoms with van der Waals surface area (Å²) in [4.78, 5) is 3.45. The molecule has 0 bridgehead atoms. The molecule has 0 unspecified atom stereocenters. The third-order valence-electron chi connectivity index (χ3n) is 2.26. The standard InChI is InChI=1S/C11H9F2N3O2S/c12-8-2-1-3-9(11(8)13)16-19(17,18)7-4-5-15-10(14)6-7/h1-6,16H,(H2,14,15). The van der Waals surface area contributed by atoms with Crippen molar-refractivity contribution < 1.29 is 17.2 Å². The summed E-state index contributed by atoms with van der Waals surface area (Å²) in [6.07, 6.45) is 1.20. The van der Waals surface area contributed by atoms with Gasteiger partial charge in [-0.25, -0.2) is 22.2 Å². The van der Waals surface area contributed by atoms with Gasteiger partial charge in [0.2, 0.25) is 0 Å². The van der Waals surface area contributed by atoms with Crippen LogP contribution in [0.5, 0.6) is 0 Å². The number of benzene rings is 1. The zero-order valence-corrected chi connectivity index (χ0v) is 10.3. The number of sulfonamides is 1. The Balaban J connectivity index is 2.39. The van der Waals surface area contributed by atoms with E-state index in [0.717, 1.165) is 18.2 Å². The van der Waals surface area contributed by atoms with E-state index in [9.17, 15) is 17.2 Å². The van der Waals surface area contributed by atoms with Gasteiger partial charge in [0.25, 0.3) is 10.0 Å². The normalized spacial score (nSPS) is 11.3. The van der Waals surface area contributed by atoms with Crippen molar-refractivity contribution in [2.45, 2.75) is 4.90 Å². The lowest BCUT2D eigenvalue weighted by atomic mass is 10.3. The maximum Gasteiger partial charge on any atom is 0.262 e. The summed E-state index contributed by atoms with van der Waals surface area (Å²) in [5, 5.41) is 0. The van der Waals surface area contributed by atoms with Crippen LogP contribution in [0.4, 0.5) is 20.3 Å². The number of nitrogens with two attached hydrogens (primary N) is 1. The molecule has 1 aromatic heterocycles. The van der Waals surface area contributed by atoms with Crippen LogP contribution < -0.4 is 10.5 Å². The van der Waals surface area contributed by atoms with Crippen LogP contribution in [-0.2, 0) is 10.0 Å². The first-order valence-corrected chi connectivity index (χ1v) is 6.57. The van der Waals surface area contributed by atoms with E-state index in [1.54, 1.807) is 0 Å². The molecule has 3 N–H and O–H groups in total. The van der Waals surface area contributed by atoms with Crippen molar-refractivity contribution in [3.05, 3.63) is 48.2 Å². The van der Waals surface area contributed by atoms with Crippen molar-refractivity contribution in [2.75, 3.05) is 10.5 Å². The van der Waals surface area contributed by atoms with Gasteiger partial charge in [-0.05, 0) is 18.2 Å². The van der Waals surface area contributed by atoms with Crippen LogP contribution in [0.1, 0.15) is 0 Å². The smallest absolute Gasteiger partial charge is 0.262 e. The minimum atomic E-state index is -4.05. The molecule has 1 aromatic carbocycles. The lowest BCUT2D eigenvalue weighted by Crippen LogP contribution is -2.14. The van der Waals surface area contributed by atoms with Crippen molar-refractivity contribution in [3.63, 3.8) is 0 Å². The molecule has 5 nitrogen and oxygen atoms in total. The van der Waals surface area contributed by atoms with Crippen molar-refractivity contribution in [3.8, 4) is 0 Å². The molecule has 19 heavy (non-hydrogen) atoms. The largest absolute Gasteiger partial charge is 0.384 e. The molecule has 0 amide bonds. The molecular weight excluding hydrogens is 276 g/mol. The summed E-state index contributed by atoms with van der Waals surface area (Å²) in [7, 11) is -4.05. The Kier molecular flexibility index (Phi) is 3.34. The average Bonchev–Trinajstić information content (AvgIpc) is 2.35. The summed E-state index contributed by atoms with van der Waals surface area (Å²) in [6.45, 7) is 0. The highest BCUT2D eigenvalue weighted by molar-refractivity contribution is 7.92. The van der Waals surface area contributed by atoms with Gasteiger partial charge >= 0.3 is 0 Å². The molecule has 0 atom stereocenters. The molecule has 0 fully saturated rings. The first-order valence-electron chi connectivity index (χ1n) is 5.08. The highest BCUT2D eigenvalue weighted by Crippen LogP contribution is 2.21. The fraction of sp³-hybridized carbons (Fsp3) is 0. The number of aromatic nitrogens is 1. The Bertz CT molecular complexity index is 720. The molecule has 2 rings (SSSR count). The van der Waals surface area contributed by atoms with Crippen molar-refractivity contribution in [1.29, 1.82) is 0 Å². The third kappa shape index (κ3) is 2.79. The van der Waals surface area contributed by atoms with E-state index in [1.807, 2.05) is 4.72 Å². The van der Waals surface area contributed by atoms with E-state index < -0.39 is 27.3 Å². The van der Waals surface area contributed by atoms with E-state index in [-0.39, 0.29) is 10.7 Å². The van der Waals surface area contributed by atoms with Gasteiger partial charge in [-0.2, -0.15) is 0 Å². The number of hydrogen-bond donors (Lipinski definition) is 2. The minimum Gasteiger partial charge on any atom is -0.384 e. The van der Waals surface area contributed by atoms with Crippen LogP contribution in [0.25, 0.3) is 0 Å². The van der Waals surface area contributed by atoms with Gasteiger partial charge in [0.1, 0.15) is 5.82 Å². The van der Waals surface area contributed by atoms with Gasteiger partial charge in [0.05, 0.1) is 10.6 Å². The second kappa shape index (κ2) is 4.81. The Morgan fingerprint density at radius 2 is 1.95 bits per heavy atom. The summed E-state index contributed by atoms with van der Waals surface area (Å²) >= 11 is 0. The maximum absolute atomic E-state index is 13.4. The van der Waals surface area contributed by atoms with Gasteiger partial charge < -0.3 is 5.73 Å². The Morgan fingerprint density at radius 3 is 2.63 bits per heavy atom. The lowest BCUT2D eigenvalue weighted by molar-refractivity contribution is 0.511. The Labute approximate surface area is 108 Å². The molecule has 0 radical (unpaired) electrons. The molecule has 0 aliphatic rings. The number of rotatable bonds is 3. The highest BCUT2D eigenvalue weighted by atomic mass is 32.2.